The Balaban J connectivity index is 4.27. The van der Waals surface area contributed by atoms with Crippen molar-refractivity contribution in [2.75, 3.05) is 30.4 Å². The van der Waals surface area contributed by atoms with Gasteiger partial charge in [0.1, 0.15) is 5.60 Å². The van der Waals surface area contributed by atoms with Gasteiger partial charge in [0.15, 0.2) is 9.84 Å². The molecule has 0 spiro atoms. The highest BCUT2D eigenvalue weighted by molar-refractivity contribution is 7.91. The Kier molecular flexibility index (Phi) is 7.38. The van der Waals surface area contributed by atoms with Crippen molar-refractivity contribution in [2.24, 2.45) is 5.73 Å². The zero-order valence-electron chi connectivity index (χ0n) is 12.2. The van der Waals surface area contributed by atoms with Crippen LogP contribution in [0.5, 0.6) is 0 Å². The second-order valence-electron chi connectivity index (χ2n) is 5.57. The maximum absolute atomic E-state index is 11.8. The Morgan fingerprint density at radius 1 is 1.25 bits per heavy atom. The van der Waals surface area contributed by atoms with Crippen LogP contribution in [0.3, 0.4) is 0 Å². The highest BCUT2D eigenvalue weighted by Gasteiger charge is 2.25. The normalized spacial score (nSPS) is 15.7. The Morgan fingerprint density at radius 2 is 1.80 bits per heavy atom. The van der Waals surface area contributed by atoms with Crippen molar-refractivity contribution >= 4 is 23.2 Å². The summed E-state index contributed by atoms with van der Waals surface area (Å²) in [5.41, 5.74) is 4.49. The minimum Gasteiger partial charge on any atom is -0.460 e. The summed E-state index contributed by atoms with van der Waals surface area (Å²) in [6.07, 6.45) is -0.847. The Bertz CT molecular complexity index is 468. The van der Waals surface area contributed by atoms with Gasteiger partial charge in [0.05, 0.1) is 17.9 Å². The Labute approximate surface area is 120 Å². The molecule has 0 radical (unpaired) electrons. The second-order valence-corrected chi connectivity index (χ2v) is 10.5. The van der Waals surface area contributed by atoms with Gasteiger partial charge in [0.25, 0.3) is 0 Å². The average molecular weight is 329 g/mol. The van der Waals surface area contributed by atoms with Crippen molar-refractivity contribution in [3.8, 4) is 0 Å². The Morgan fingerprint density at radius 3 is 2.25 bits per heavy atom. The summed E-state index contributed by atoms with van der Waals surface area (Å²) in [7, 11) is -7.06. The van der Waals surface area contributed by atoms with E-state index in [-0.39, 0.29) is 31.0 Å². The molecule has 0 saturated heterocycles. The van der Waals surface area contributed by atoms with E-state index in [9.17, 15) is 22.7 Å². The minimum absolute atomic E-state index is 0.0179. The van der Waals surface area contributed by atoms with E-state index in [1.165, 1.54) is 0 Å². The molecule has 9 heteroatoms. The van der Waals surface area contributed by atoms with Gasteiger partial charge in [-0.05, 0) is 20.8 Å². The van der Waals surface area contributed by atoms with Crippen molar-refractivity contribution < 1.29 is 27.4 Å². The summed E-state index contributed by atoms with van der Waals surface area (Å²) < 4.78 is 39.6. The lowest BCUT2D eigenvalue weighted by Crippen LogP contribution is -2.24. The molecule has 1 atom stereocenters. The lowest BCUT2D eigenvalue weighted by atomic mass is 10.2. The van der Waals surface area contributed by atoms with E-state index in [1.807, 2.05) is 0 Å². The lowest BCUT2D eigenvalue weighted by Gasteiger charge is -2.20. The van der Waals surface area contributed by atoms with Gasteiger partial charge in [-0.25, -0.2) is 8.42 Å². The first kappa shape index (κ1) is 19.6. The highest BCUT2D eigenvalue weighted by atomic mass is 32.2. The molecule has 0 aliphatic heterocycles. The number of carbonyl (C=O) groups excluding carboxylic acids is 1. The molecule has 0 aromatic carbocycles. The SMILES string of the molecule is CC(C)(C)OC(=O)CCP(=O)(O)CCS(=O)(=O)CCN. The largest absolute Gasteiger partial charge is 0.460 e. The zero-order chi connectivity index (χ0) is 16.0. The topological polar surface area (TPSA) is 124 Å². The van der Waals surface area contributed by atoms with Gasteiger partial charge in [0.2, 0.25) is 7.37 Å². The van der Waals surface area contributed by atoms with Gasteiger partial charge >= 0.3 is 5.97 Å². The van der Waals surface area contributed by atoms with Crippen LogP contribution in [0.15, 0.2) is 0 Å². The summed E-state index contributed by atoms with van der Waals surface area (Å²) in [4.78, 5) is 21.1. The summed E-state index contributed by atoms with van der Waals surface area (Å²) in [5.74, 6) is -1.18. The van der Waals surface area contributed by atoms with Crippen LogP contribution < -0.4 is 5.73 Å². The molecule has 0 fully saturated rings. The van der Waals surface area contributed by atoms with E-state index in [1.54, 1.807) is 20.8 Å². The molecule has 120 valence electrons. The second kappa shape index (κ2) is 7.54. The molecule has 0 heterocycles. The van der Waals surface area contributed by atoms with E-state index in [4.69, 9.17) is 10.5 Å². The fourth-order valence-corrected chi connectivity index (χ4v) is 4.91. The first-order valence-corrected chi connectivity index (χ1v) is 10.2. The molecule has 1 unspecified atom stereocenters. The van der Waals surface area contributed by atoms with Crippen LogP contribution in [-0.2, 0) is 23.9 Å². The standard InChI is InChI=1S/C11H24NO6PS/c1-11(2,3)18-10(13)4-6-19(14,15)7-9-20(16,17)8-5-12/h4-9,12H2,1-3H3,(H,14,15). The molecule has 20 heavy (non-hydrogen) atoms. The van der Waals surface area contributed by atoms with Crippen molar-refractivity contribution in [1.82, 2.24) is 0 Å². The number of hydrogen-bond acceptors (Lipinski definition) is 6. The van der Waals surface area contributed by atoms with E-state index < -0.39 is 34.5 Å². The van der Waals surface area contributed by atoms with Gasteiger partial charge in [-0.15, -0.1) is 0 Å². The Hall–Kier alpha value is -0.430. The van der Waals surface area contributed by atoms with E-state index in [0.717, 1.165) is 0 Å². The van der Waals surface area contributed by atoms with Crippen molar-refractivity contribution in [2.45, 2.75) is 32.8 Å². The molecular weight excluding hydrogens is 305 g/mol. The molecule has 0 aliphatic rings. The van der Waals surface area contributed by atoms with Crippen LogP contribution in [0.4, 0.5) is 0 Å². The number of ether oxygens (including phenoxy) is 1. The molecule has 0 saturated carbocycles. The molecule has 0 aromatic rings. The number of hydrogen-bond donors (Lipinski definition) is 2. The quantitative estimate of drug-likeness (QED) is 0.487. The van der Waals surface area contributed by atoms with E-state index in [2.05, 4.69) is 0 Å². The summed E-state index contributed by atoms with van der Waals surface area (Å²) in [5, 5.41) is 0. The maximum atomic E-state index is 11.8. The molecule has 0 rings (SSSR count). The third-order valence-electron chi connectivity index (χ3n) is 2.27. The highest BCUT2D eigenvalue weighted by Crippen LogP contribution is 2.41. The molecule has 0 amide bonds. The van der Waals surface area contributed by atoms with Gasteiger partial charge in [-0.1, -0.05) is 0 Å². The number of esters is 1. The smallest absolute Gasteiger partial charge is 0.306 e. The van der Waals surface area contributed by atoms with Gasteiger partial charge < -0.3 is 15.4 Å². The fraction of sp³-hybridized carbons (Fsp3) is 0.909. The number of rotatable bonds is 8. The molecule has 0 bridgehead atoms. The van der Waals surface area contributed by atoms with Crippen LogP contribution in [0.2, 0.25) is 0 Å². The van der Waals surface area contributed by atoms with Gasteiger partial charge in [-0.3, -0.25) is 9.36 Å². The third-order valence-corrected chi connectivity index (χ3v) is 6.10. The zero-order valence-corrected chi connectivity index (χ0v) is 13.9. The van der Waals surface area contributed by atoms with Crippen molar-refractivity contribution in [3.63, 3.8) is 0 Å². The average Bonchev–Trinajstić information content (AvgIpc) is 2.22. The summed E-state index contributed by atoms with van der Waals surface area (Å²) >= 11 is 0. The van der Waals surface area contributed by atoms with E-state index >= 15 is 0 Å². The molecule has 3 N–H and O–H groups in total. The van der Waals surface area contributed by atoms with Gasteiger partial charge in [0, 0.05) is 18.9 Å². The van der Waals surface area contributed by atoms with Crippen LogP contribution in [-0.4, -0.2) is 55.3 Å². The first-order chi connectivity index (χ1) is 8.87. The number of nitrogens with two attached hydrogens (primary N) is 1. The molecular formula is C11H24NO6PS. The van der Waals surface area contributed by atoms with Crippen LogP contribution in [0.25, 0.3) is 0 Å². The van der Waals surface area contributed by atoms with E-state index in [0.29, 0.717) is 0 Å². The summed E-state index contributed by atoms with van der Waals surface area (Å²) in [6.45, 7) is 5.07. The monoisotopic (exact) mass is 329 g/mol. The molecule has 7 nitrogen and oxygen atoms in total. The van der Waals surface area contributed by atoms with Crippen LogP contribution in [0, 0.1) is 0 Å². The predicted molar refractivity (Wildman–Crippen MR) is 77.7 cm³/mol. The van der Waals surface area contributed by atoms with Crippen LogP contribution >= 0.6 is 7.37 Å². The molecule has 0 aromatic heterocycles. The third kappa shape index (κ3) is 10.4. The van der Waals surface area contributed by atoms with Crippen molar-refractivity contribution in [3.05, 3.63) is 0 Å². The maximum Gasteiger partial charge on any atom is 0.306 e. The molecule has 0 aliphatic carbocycles. The predicted octanol–water partition coefficient (Wildman–Crippen LogP) is 0.362. The van der Waals surface area contributed by atoms with Crippen molar-refractivity contribution in [1.29, 1.82) is 0 Å². The number of sulfone groups is 1. The summed E-state index contributed by atoms with van der Waals surface area (Å²) in [6, 6.07) is 0. The minimum atomic E-state index is -3.65. The first-order valence-electron chi connectivity index (χ1n) is 6.30. The van der Waals surface area contributed by atoms with Gasteiger partial charge in [-0.2, -0.15) is 0 Å². The fourth-order valence-electron chi connectivity index (χ4n) is 1.33. The lowest BCUT2D eigenvalue weighted by molar-refractivity contribution is -0.154. The van der Waals surface area contributed by atoms with Crippen LogP contribution in [0.1, 0.15) is 27.2 Å². The number of carbonyl (C=O) groups is 1.